The summed E-state index contributed by atoms with van der Waals surface area (Å²) in [4.78, 5) is 16.0. The van der Waals surface area contributed by atoms with Crippen LogP contribution in [0.3, 0.4) is 0 Å². The van der Waals surface area contributed by atoms with Crippen molar-refractivity contribution in [2.75, 3.05) is 13.6 Å². The molecule has 4 nitrogen and oxygen atoms in total. The number of carbonyl (C=O) groups is 1. The highest BCUT2D eigenvalue weighted by atomic mass is 16.2. The van der Waals surface area contributed by atoms with Crippen molar-refractivity contribution in [2.24, 2.45) is 10.7 Å². The Balaban J connectivity index is 2.63. The van der Waals surface area contributed by atoms with Crippen LogP contribution in [-0.4, -0.2) is 36.8 Å². The average Bonchev–Trinajstić information content (AvgIpc) is 2.12. The maximum absolute atomic E-state index is 10.7. The van der Waals surface area contributed by atoms with Crippen molar-refractivity contribution < 1.29 is 4.79 Å². The minimum atomic E-state index is -0.218. The highest BCUT2D eigenvalue weighted by Gasteiger charge is 2.23. The lowest BCUT2D eigenvalue weighted by Gasteiger charge is -2.13. The van der Waals surface area contributed by atoms with E-state index in [1.807, 2.05) is 0 Å². The summed E-state index contributed by atoms with van der Waals surface area (Å²) >= 11 is 0. The molecule has 50 valence electrons. The van der Waals surface area contributed by atoms with Crippen LogP contribution in [0.1, 0.15) is 0 Å². The second-order valence-electron chi connectivity index (χ2n) is 2.00. The quantitative estimate of drug-likeness (QED) is 0.482. The molecule has 0 aromatic heterocycles. The van der Waals surface area contributed by atoms with E-state index in [4.69, 9.17) is 5.73 Å². The molecule has 1 aliphatic rings. The highest BCUT2D eigenvalue weighted by Crippen LogP contribution is 2.00. The van der Waals surface area contributed by atoms with Gasteiger partial charge in [0.25, 0.3) is 5.91 Å². The first-order valence-corrected chi connectivity index (χ1v) is 2.75. The van der Waals surface area contributed by atoms with Crippen molar-refractivity contribution >= 4 is 12.2 Å². The SMILES string of the molecule is CN1C=NC(=O)C1CN. The van der Waals surface area contributed by atoms with Gasteiger partial charge in [-0.3, -0.25) is 4.79 Å². The Morgan fingerprint density at radius 1 is 2.00 bits per heavy atom. The van der Waals surface area contributed by atoms with E-state index in [1.165, 1.54) is 6.34 Å². The lowest BCUT2D eigenvalue weighted by Crippen LogP contribution is -2.37. The predicted octanol–water partition coefficient (Wildman–Crippen LogP) is -1.19. The topological polar surface area (TPSA) is 58.7 Å². The maximum Gasteiger partial charge on any atom is 0.271 e. The minimum Gasteiger partial charge on any atom is -0.352 e. The van der Waals surface area contributed by atoms with E-state index in [1.54, 1.807) is 11.9 Å². The van der Waals surface area contributed by atoms with E-state index >= 15 is 0 Å². The first-order chi connectivity index (χ1) is 4.25. The Kier molecular flexibility index (Phi) is 1.48. The lowest BCUT2D eigenvalue weighted by atomic mass is 10.3. The smallest absolute Gasteiger partial charge is 0.271 e. The number of aliphatic imine (C=N–C) groups is 1. The van der Waals surface area contributed by atoms with Crippen molar-refractivity contribution in [1.29, 1.82) is 0 Å². The molecule has 0 aromatic carbocycles. The van der Waals surface area contributed by atoms with Gasteiger partial charge in [0.1, 0.15) is 6.04 Å². The summed E-state index contributed by atoms with van der Waals surface area (Å²) in [6.45, 7) is 0.343. The monoisotopic (exact) mass is 127 g/mol. The first kappa shape index (κ1) is 6.22. The Bertz CT molecular complexity index is 154. The van der Waals surface area contributed by atoms with E-state index in [0.29, 0.717) is 6.54 Å². The largest absolute Gasteiger partial charge is 0.352 e. The molecule has 0 radical (unpaired) electrons. The number of nitrogens with two attached hydrogens (primary N) is 1. The molecule has 1 aliphatic heterocycles. The summed E-state index contributed by atoms with van der Waals surface area (Å²) < 4.78 is 0. The second kappa shape index (κ2) is 2.14. The number of rotatable bonds is 1. The van der Waals surface area contributed by atoms with Crippen molar-refractivity contribution in [3.05, 3.63) is 0 Å². The lowest BCUT2D eigenvalue weighted by molar-refractivity contribution is -0.119. The summed E-state index contributed by atoms with van der Waals surface area (Å²) in [7, 11) is 1.78. The van der Waals surface area contributed by atoms with Crippen molar-refractivity contribution in [3.8, 4) is 0 Å². The molecule has 0 saturated heterocycles. The van der Waals surface area contributed by atoms with Crippen molar-refractivity contribution in [1.82, 2.24) is 4.90 Å². The van der Waals surface area contributed by atoms with Gasteiger partial charge < -0.3 is 10.6 Å². The van der Waals surface area contributed by atoms with Crippen LogP contribution in [0.2, 0.25) is 0 Å². The number of likely N-dealkylation sites (N-methyl/N-ethyl adjacent to an activating group) is 1. The van der Waals surface area contributed by atoms with Gasteiger partial charge in [0.2, 0.25) is 0 Å². The van der Waals surface area contributed by atoms with Crippen LogP contribution in [0, 0.1) is 0 Å². The van der Waals surface area contributed by atoms with Gasteiger partial charge in [0.05, 0.1) is 6.34 Å². The molecule has 0 spiro atoms. The highest BCUT2D eigenvalue weighted by molar-refractivity contribution is 5.94. The van der Waals surface area contributed by atoms with Crippen LogP contribution in [-0.2, 0) is 4.79 Å². The molecular formula is C5H9N3O. The number of hydrogen-bond donors (Lipinski definition) is 1. The van der Waals surface area contributed by atoms with Crippen LogP contribution in [0.4, 0.5) is 0 Å². The number of amides is 1. The standard InChI is InChI=1S/C5H9N3O/c1-8-3-7-5(9)4(8)2-6/h3-4H,2,6H2,1H3. The maximum atomic E-state index is 10.7. The van der Waals surface area contributed by atoms with Gasteiger partial charge in [-0.15, -0.1) is 0 Å². The fourth-order valence-corrected chi connectivity index (χ4v) is 0.756. The molecule has 9 heavy (non-hydrogen) atoms. The van der Waals surface area contributed by atoms with Gasteiger partial charge in [-0.1, -0.05) is 0 Å². The van der Waals surface area contributed by atoms with E-state index in [9.17, 15) is 4.79 Å². The molecule has 4 heteroatoms. The third-order valence-corrected chi connectivity index (χ3v) is 1.37. The number of carbonyl (C=O) groups excluding carboxylic acids is 1. The third-order valence-electron chi connectivity index (χ3n) is 1.37. The van der Waals surface area contributed by atoms with Crippen LogP contribution in [0.15, 0.2) is 4.99 Å². The molecule has 0 aromatic rings. The van der Waals surface area contributed by atoms with Crippen LogP contribution < -0.4 is 5.73 Å². The van der Waals surface area contributed by atoms with Gasteiger partial charge in [-0.25, -0.2) is 4.99 Å². The van der Waals surface area contributed by atoms with E-state index in [0.717, 1.165) is 0 Å². The fraction of sp³-hybridized carbons (Fsp3) is 0.600. The average molecular weight is 127 g/mol. The van der Waals surface area contributed by atoms with Crippen molar-refractivity contribution in [3.63, 3.8) is 0 Å². The van der Waals surface area contributed by atoms with Gasteiger partial charge >= 0.3 is 0 Å². The van der Waals surface area contributed by atoms with Gasteiger partial charge in [-0.2, -0.15) is 0 Å². The van der Waals surface area contributed by atoms with Gasteiger partial charge in [-0.05, 0) is 0 Å². The van der Waals surface area contributed by atoms with Gasteiger partial charge in [0.15, 0.2) is 0 Å². The third kappa shape index (κ3) is 0.929. The molecule has 0 fully saturated rings. The molecule has 0 bridgehead atoms. The molecule has 1 amide bonds. The van der Waals surface area contributed by atoms with Crippen LogP contribution in [0.5, 0.6) is 0 Å². The summed E-state index contributed by atoms with van der Waals surface area (Å²) in [6, 6.07) is -0.218. The zero-order valence-corrected chi connectivity index (χ0v) is 5.24. The molecular weight excluding hydrogens is 118 g/mol. The summed E-state index contributed by atoms with van der Waals surface area (Å²) in [6.07, 6.45) is 1.50. The number of nitrogens with zero attached hydrogens (tertiary/aromatic N) is 2. The van der Waals surface area contributed by atoms with Crippen LogP contribution >= 0.6 is 0 Å². The van der Waals surface area contributed by atoms with Crippen LogP contribution in [0.25, 0.3) is 0 Å². The van der Waals surface area contributed by atoms with E-state index in [2.05, 4.69) is 4.99 Å². The summed E-state index contributed by atoms with van der Waals surface area (Å²) in [5.74, 6) is -0.139. The molecule has 1 heterocycles. The molecule has 0 aliphatic carbocycles. The molecule has 0 saturated carbocycles. The zero-order chi connectivity index (χ0) is 6.85. The first-order valence-electron chi connectivity index (χ1n) is 2.75. The zero-order valence-electron chi connectivity index (χ0n) is 5.24. The Morgan fingerprint density at radius 3 is 2.89 bits per heavy atom. The van der Waals surface area contributed by atoms with E-state index in [-0.39, 0.29) is 11.9 Å². The predicted molar refractivity (Wildman–Crippen MR) is 34.1 cm³/mol. The molecule has 1 unspecified atom stereocenters. The Hall–Kier alpha value is -0.900. The normalized spacial score (nSPS) is 25.8. The Morgan fingerprint density at radius 2 is 2.67 bits per heavy atom. The second-order valence-corrected chi connectivity index (χ2v) is 2.00. The van der Waals surface area contributed by atoms with Crippen molar-refractivity contribution in [2.45, 2.75) is 6.04 Å². The van der Waals surface area contributed by atoms with Gasteiger partial charge in [0, 0.05) is 13.6 Å². The molecule has 1 atom stereocenters. The minimum absolute atomic E-state index is 0.139. The summed E-state index contributed by atoms with van der Waals surface area (Å²) in [5.41, 5.74) is 5.27. The van der Waals surface area contributed by atoms with E-state index < -0.39 is 0 Å². The fourth-order valence-electron chi connectivity index (χ4n) is 0.756. The molecule has 1 rings (SSSR count). The Labute approximate surface area is 53.3 Å². The number of hydrogen-bond acceptors (Lipinski definition) is 3. The summed E-state index contributed by atoms with van der Waals surface area (Å²) in [5, 5.41) is 0. The molecule has 2 N–H and O–H groups in total.